The molecule has 1 aromatic carbocycles. The molecule has 2 aliphatic rings. The quantitative estimate of drug-likeness (QED) is 0.711. The lowest BCUT2D eigenvalue weighted by molar-refractivity contribution is 0.216. The molecule has 3 heterocycles. The monoisotopic (exact) mass is 406 g/mol. The van der Waals surface area contributed by atoms with Crippen molar-refractivity contribution in [3.8, 4) is 0 Å². The molecule has 1 unspecified atom stereocenters. The normalized spacial score (nSPS) is 19.9. The third-order valence-corrected chi connectivity index (χ3v) is 6.76. The number of likely N-dealkylation sites (tertiary alicyclic amines) is 1. The van der Waals surface area contributed by atoms with Gasteiger partial charge in [-0.1, -0.05) is 37.3 Å². The van der Waals surface area contributed by atoms with E-state index in [9.17, 15) is 4.79 Å². The lowest BCUT2D eigenvalue weighted by Crippen LogP contribution is -2.36. The van der Waals surface area contributed by atoms with Crippen LogP contribution in [0.15, 0.2) is 29.1 Å². The van der Waals surface area contributed by atoms with Gasteiger partial charge in [0.15, 0.2) is 5.82 Å². The van der Waals surface area contributed by atoms with E-state index in [4.69, 9.17) is 0 Å². The van der Waals surface area contributed by atoms with Crippen molar-refractivity contribution in [3.63, 3.8) is 0 Å². The van der Waals surface area contributed by atoms with E-state index in [2.05, 4.69) is 44.5 Å². The fourth-order valence-corrected chi connectivity index (χ4v) is 5.19. The predicted octanol–water partition coefficient (Wildman–Crippen LogP) is 3.90. The Bertz CT molecular complexity index is 1070. The van der Waals surface area contributed by atoms with Gasteiger partial charge in [0.25, 0.3) is 5.56 Å². The molecular weight excluding hydrogens is 376 g/mol. The summed E-state index contributed by atoms with van der Waals surface area (Å²) in [6.45, 7) is 4.01. The maximum absolute atomic E-state index is 13.3. The van der Waals surface area contributed by atoms with Crippen LogP contribution in [0.4, 0.5) is 0 Å². The molecule has 1 saturated heterocycles. The van der Waals surface area contributed by atoms with E-state index in [1.54, 1.807) is 0 Å². The maximum atomic E-state index is 13.3. The van der Waals surface area contributed by atoms with E-state index in [1.807, 2.05) is 16.8 Å². The summed E-state index contributed by atoms with van der Waals surface area (Å²) in [6.07, 6.45) is 9.42. The van der Waals surface area contributed by atoms with Crippen molar-refractivity contribution >= 4 is 10.9 Å². The Morgan fingerprint density at radius 2 is 1.80 bits per heavy atom. The van der Waals surface area contributed by atoms with Gasteiger partial charge < -0.3 is 4.98 Å². The Morgan fingerprint density at radius 1 is 1.03 bits per heavy atom. The second kappa shape index (κ2) is 8.30. The lowest BCUT2D eigenvalue weighted by Gasteiger charge is -2.30. The van der Waals surface area contributed by atoms with Crippen molar-refractivity contribution in [2.75, 3.05) is 13.1 Å². The van der Waals surface area contributed by atoms with Gasteiger partial charge in [0, 0.05) is 11.1 Å². The van der Waals surface area contributed by atoms with E-state index in [-0.39, 0.29) is 11.6 Å². The highest BCUT2D eigenvalue weighted by atomic mass is 16.1. The molecule has 1 aliphatic heterocycles. The van der Waals surface area contributed by atoms with Gasteiger partial charge in [0.2, 0.25) is 0 Å². The average molecular weight is 407 g/mol. The molecule has 3 aromatic rings. The van der Waals surface area contributed by atoms with Crippen LogP contribution in [0.25, 0.3) is 10.9 Å². The van der Waals surface area contributed by atoms with Crippen molar-refractivity contribution in [1.29, 1.82) is 0 Å². The smallest absolute Gasteiger partial charge is 0.253 e. The minimum absolute atomic E-state index is 0.0402. The number of tetrazole rings is 1. The van der Waals surface area contributed by atoms with Crippen LogP contribution in [-0.4, -0.2) is 43.2 Å². The minimum atomic E-state index is -0.215. The molecule has 7 nitrogen and oxygen atoms in total. The van der Waals surface area contributed by atoms with Gasteiger partial charge in [-0.05, 0) is 79.7 Å². The van der Waals surface area contributed by atoms with Crippen LogP contribution in [0.1, 0.15) is 80.4 Å². The van der Waals surface area contributed by atoms with Gasteiger partial charge in [-0.15, -0.1) is 5.10 Å². The maximum Gasteiger partial charge on any atom is 0.253 e. The van der Waals surface area contributed by atoms with Crippen molar-refractivity contribution in [3.05, 3.63) is 51.6 Å². The summed E-state index contributed by atoms with van der Waals surface area (Å²) in [7, 11) is 0. The van der Waals surface area contributed by atoms with E-state index in [1.165, 1.54) is 31.2 Å². The molecule has 30 heavy (non-hydrogen) atoms. The highest BCUT2D eigenvalue weighted by molar-refractivity contribution is 5.79. The summed E-state index contributed by atoms with van der Waals surface area (Å²) in [4.78, 5) is 18.8. The summed E-state index contributed by atoms with van der Waals surface area (Å²) < 4.78 is 2.02. The molecule has 0 bridgehead atoms. The number of nitrogens with zero attached hydrogens (tertiary/aromatic N) is 5. The summed E-state index contributed by atoms with van der Waals surface area (Å²) in [5.74, 6) is 0.821. The van der Waals surface area contributed by atoms with Crippen LogP contribution in [0, 0.1) is 6.92 Å². The molecule has 1 aliphatic carbocycles. The van der Waals surface area contributed by atoms with Crippen LogP contribution in [-0.2, 0) is 0 Å². The van der Waals surface area contributed by atoms with Gasteiger partial charge in [-0.25, -0.2) is 4.68 Å². The standard InChI is InChI=1S/C23H30N6O/c1-16-10-11-20-17(14-16)15-19(23(30)24-20)21(28-12-6-2-3-7-13-28)22-25-26-27-29(22)18-8-4-5-9-18/h10-11,14-15,18,21H,2-9,12-13H2,1H3,(H,24,30). The minimum Gasteiger partial charge on any atom is -0.322 e. The molecule has 0 amide bonds. The predicted molar refractivity (Wildman–Crippen MR) is 117 cm³/mol. The van der Waals surface area contributed by atoms with Crippen molar-refractivity contribution in [2.45, 2.75) is 70.4 Å². The number of hydrogen-bond donors (Lipinski definition) is 1. The zero-order valence-corrected chi connectivity index (χ0v) is 17.7. The molecule has 2 fully saturated rings. The van der Waals surface area contributed by atoms with Crippen LogP contribution >= 0.6 is 0 Å². The number of H-pyrrole nitrogens is 1. The molecule has 1 N–H and O–H groups in total. The molecule has 0 radical (unpaired) electrons. The van der Waals surface area contributed by atoms with E-state index < -0.39 is 0 Å². The molecule has 5 rings (SSSR count). The third-order valence-electron chi connectivity index (χ3n) is 6.76. The summed E-state index contributed by atoms with van der Waals surface area (Å²) in [5, 5.41) is 14.0. The number of rotatable bonds is 4. The second-order valence-electron chi connectivity index (χ2n) is 8.92. The number of aryl methyl sites for hydroxylation is 1. The fraction of sp³-hybridized carbons (Fsp3) is 0.565. The average Bonchev–Trinajstić information content (AvgIpc) is 3.36. The van der Waals surface area contributed by atoms with Crippen molar-refractivity contribution < 1.29 is 0 Å². The topological polar surface area (TPSA) is 79.7 Å². The van der Waals surface area contributed by atoms with Crippen molar-refractivity contribution in [1.82, 2.24) is 30.1 Å². The van der Waals surface area contributed by atoms with Crippen LogP contribution < -0.4 is 5.56 Å². The van der Waals surface area contributed by atoms with Crippen LogP contribution in [0.3, 0.4) is 0 Å². The Hall–Kier alpha value is -2.54. The Kier molecular flexibility index (Phi) is 5.37. The van der Waals surface area contributed by atoms with Gasteiger partial charge >= 0.3 is 0 Å². The van der Waals surface area contributed by atoms with Gasteiger partial charge in [0.1, 0.15) is 6.04 Å². The van der Waals surface area contributed by atoms with Gasteiger partial charge in [-0.2, -0.15) is 0 Å². The number of fused-ring (bicyclic) bond motifs is 1. The van der Waals surface area contributed by atoms with E-state index in [0.717, 1.165) is 61.1 Å². The molecule has 158 valence electrons. The zero-order valence-electron chi connectivity index (χ0n) is 17.7. The molecule has 2 aromatic heterocycles. The summed E-state index contributed by atoms with van der Waals surface area (Å²) >= 11 is 0. The van der Waals surface area contributed by atoms with Gasteiger partial charge in [0.05, 0.1) is 6.04 Å². The first-order valence-corrected chi connectivity index (χ1v) is 11.4. The highest BCUT2D eigenvalue weighted by Crippen LogP contribution is 2.34. The fourth-order valence-electron chi connectivity index (χ4n) is 5.19. The van der Waals surface area contributed by atoms with Crippen molar-refractivity contribution in [2.24, 2.45) is 0 Å². The van der Waals surface area contributed by atoms with Gasteiger partial charge in [-0.3, -0.25) is 9.69 Å². The van der Waals surface area contributed by atoms with E-state index >= 15 is 0 Å². The molecule has 1 saturated carbocycles. The summed E-state index contributed by atoms with van der Waals surface area (Å²) in [6, 6.07) is 8.33. The first-order chi connectivity index (χ1) is 14.7. The first-order valence-electron chi connectivity index (χ1n) is 11.4. The summed E-state index contributed by atoms with van der Waals surface area (Å²) in [5.41, 5.74) is 2.77. The molecular formula is C23H30N6O. The number of aromatic amines is 1. The number of benzene rings is 1. The van der Waals surface area contributed by atoms with E-state index in [0.29, 0.717) is 6.04 Å². The zero-order chi connectivity index (χ0) is 20.5. The Morgan fingerprint density at radius 3 is 2.57 bits per heavy atom. The largest absolute Gasteiger partial charge is 0.322 e. The van der Waals surface area contributed by atoms with Crippen LogP contribution in [0.2, 0.25) is 0 Å². The Balaban J connectivity index is 1.65. The second-order valence-corrected chi connectivity index (χ2v) is 8.92. The highest BCUT2D eigenvalue weighted by Gasteiger charge is 2.33. The molecule has 0 spiro atoms. The molecule has 7 heteroatoms. The number of nitrogens with one attached hydrogen (secondary N) is 1. The number of aromatic nitrogens is 5. The third kappa shape index (κ3) is 3.67. The number of hydrogen-bond acceptors (Lipinski definition) is 5. The SMILES string of the molecule is Cc1ccc2[nH]c(=O)c(C(c3nnnn3C3CCCC3)N3CCCCCC3)cc2c1. The first kappa shape index (κ1) is 19.4. The lowest BCUT2D eigenvalue weighted by atomic mass is 10.0. The molecule has 1 atom stereocenters. The number of pyridine rings is 1. The van der Waals surface area contributed by atoms with Crippen LogP contribution in [0.5, 0.6) is 0 Å². The Labute approximate surface area is 176 Å².